The maximum Gasteiger partial charge on any atom is 0.451 e. The fourth-order valence-electron chi connectivity index (χ4n) is 4.43. The summed E-state index contributed by atoms with van der Waals surface area (Å²) in [6.45, 7) is -0.114. The molecule has 2 aromatic heterocycles. The second kappa shape index (κ2) is 11.6. The number of hydrogen-bond acceptors (Lipinski definition) is 7. The average Bonchev–Trinajstić information content (AvgIpc) is 3.22. The number of carbonyl (C=O) groups is 1. The van der Waals surface area contributed by atoms with Crippen molar-refractivity contribution < 1.29 is 44.3 Å². The molecule has 3 heterocycles. The number of carbonyl (C=O) groups excluding carboxylic acids is 1. The number of nitrogens with zero attached hydrogens (tertiary/aromatic N) is 4. The number of aromatic nitrogens is 3. The Labute approximate surface area is 230 Å². The molecule has 1 amide bonds. The zero-order valence-electron chi connectivity index (χ0n) is 21.4. The first-order valence-electron chi connectivity index (χ1n) is 12.1. The molecule has 0 unspecified atom stereocenters. The van der Waals surface area contributed by atoms with E-state index in [0.29, 0.717) is 0 Å². The van der Waals surface area contributed by atoms with E-state index in [-0.39, 0.29) is 40.6 Å². The van der Waals surface area contributed by atoms with Gasteiger partial charge in [0, 0.05) is 29.6 Å². The van der Waals surface area contributed by atoms with Crippen LogP contribution in [0, 0.1) is 11.7 Å². The van der Waals surface area contributed by atoms with Crippen molar-refractivity contribution >= 4 is 15.9 Å². The number of rotatable bonds is 8. The minimum atomic E-state index is -4.82. The molecule has 0 spiro atoms. The van der Waals surface area contributed by atoms with Gasteiger partial charge in [0.15, 0.2) is 5.75 Å². The zero-order valence-corrected chi connectivity index (χ0v) is 22.3. The van der Waals surface area contributed by atoms with Crippen molar-refractivity contribution in [3.63, 3.8) is 0 Å². The number of hydrogen-bond donors (Lipinski definition) is 1. The molecule has 1 fully saturated rings. The van der Waals surface area contributed by atoms with Crippen LogP contribution in [-0.2, 0) is 27.5 Å². The fraction of sp³-hybridized carbons (Fsp3) is 0.360. The highest BCUT2D eigenvalue weighted by Crippen LogP contribution is 2.36. The van der Waals surface area contributed by atoms with E-state index in [1.807, 2.05) is 0 Å². The minimum Gasteiger partial charge on any atom is -0.433 e. The number of amides is 1. The lowest BCUT2D eigenvalue weighted by Crippen LogP contribution is -2.48. The summed E-state index contributed by atoms with van der Waals surface area (Å²) < 4.78 is 110. The number of ether oxygens (including phenoxy) is 1. The standard InChI is InChI=1S/C25H23F6N5O4S/c1-13-7-20(36(14(13)2)41(38,39)18-5-3-16(26)4-6-18)22(37)33-11-17-8-19(21(12-32-17)40-24(27)28)15-9-34-23(35-10-15)25(29,30)31/h3-6,8-10,12-14,20,24H,7,11H2,1-2H3,(H,33,37)/t13-,14+,20+/m1/s1. The molecule has 1 aliphatic heterocycles. The van der Waals surface area contributed by atoms with Gasteiger partial charge >= 0.3 is 12.8 Å². The molecule has 3 atom stereocenters. The van der Waals surface area contributed by atoms with Crippen LogP contribution in [0.25, 0.3) is 11.1 Å². The Morgan fingerprint density at radius 3 is 2.32 bits per heavy atom. The summed E-state index contributed by atoms with van der Waals surface area (Å²) in [5, 5.41) is 2.58. The molecule has 0 saturated carbocycles. The van der Waals surface area contributed by atoms with Crippen LogP contribution in [0.3, 0.4) is 0 Å². The van der Waals surface area contributed by atoms with Crippen LogP contribution in [0.15, 0.2) is 53.8 Å². The number of halogens is 6. The van der Waals surface area contributed by atoms with Crippen LogP contribution in [0.1, 0.15) is 31.8 Å². The van der Waals surface area contributed by atoms with Crippen LogP contribution in [0.5, 0.6) is 5.75 Å². The maximum atomic E-state index is 13.4. The monoisotopic (exact) mass is 603 g/mol. The first kappa shape index (κ1) is 30.2. The zero-order chi connectivity index (χ0) is 30.1. The topological polar surface area (TPSA) is 114 Å². The molecule has 1 aliphatic rings. The average molecular weight is 604 g/mol. The minimum absolute atomic E-state index is 0.0846. The summed E-state index contributed by atoms with van der Waals surface area (Å²) in [6, 6.07) is 3.74. The predicted octanol–water partition coefficient (Wildman–Crippen LogP) is 4.40. The van der Waals surface area contributed by atoms with Crippen LogP contribution in [-0.4, -0.2) is 52.3 Å². The number of benzene rings is 1. The molecule has 9 nitrogen and oxygen atoms in total. The molecule has 1 aromatic carbocycles. The van der Waals surface area contributed by atoms with E-state index in [4.69, 9.17) is 0 Å². The van der Waals surface area contributed by atoms with E-state index in [1.165, 1.54) is 6.07 Å². The van der Waals surface area contributed by atoms with Crippen molar-refractivity contribution in [1.29, 1.82) is 0 Å². The van der Waals surface area contributed by atoms with Crippen LogP contribution in [0.2, 0.25) is 0 Å². The van der Waals surface area contributed by atoms with Crippen LogP contribution in [0.4, 0.5) is 26.3 Å². The number of nitrogens with one attached hydrogen (secondary N) is 1. The van der Waals surface area contributed by atoms with Crippen LogP contribution >= 0.6 is 0 Å². The Morgan fingerprint density at radius 2 is 1.73 bits per heavy atom. The van der Waals surface area contributed by atoms with Crippen molar-refractivity contribution in [1.82, 2.24) is 24.6 Å². The van der Waals surface area contributed by atoms with Crippen LogP contribution < -0.4 is 10.1 Å². The second-order valence-electron chi connectivity index (χ2n) is 9.32. The molecule has 3 aromatic rings. The van der Waals surface area contributed by atoms with E-state index in [1.54, 1.807) is 13.8 Å². The Balaban J connectivity index is 1.57. The first-order chi connectivity index (χ1) is 19.2. The largest absolute Gasteiger partial charge is 0.451 e. The van der Waals surface area contributed by atoms with Gasteiger partial charge in [0.1, 0.15) is 11.9 Å². The molecule has 1 N–H and O–H groups in total. The number of alkyl halides is 5. The molecule has 0 aliphatic carbocycles. The Kier molecular flexibility index (Phi) is 8.54. The quantitative estimate of drug-likeness (QED) is 0.380. The van der Waals surface area contributed by atoms with Crippen molar-refractivity contribution in [3.8, 4) is 16.9 Å². The van der Waals surface area contributed by atoms with E-state index >= 15 is 0 Å². The highest BCUT2D eigenvalue weighted by atomic mass is 32.2. The molecule has 4 rings (SSSR count). The number of sulfonamides is 1. The smallest absolute Gasteiger partial charge is 0.433 e. The summed E-state index contributed by atoms with van der Waals surface area (Å²) in [4.78, 5) is 23.4. The maximum absolute atomic E-state index is 13.4. The molecule has 41 heavy (non-hydrogen) atoms. The van der Waals surface area contributed by atoms with Gasteiger partial charge in [0.05, 0.1) is 23.3 Å². The van der Waals surface area contributed by atoms with Crippen molar-refractivity contribution in [2.45, 2.75) is 56.6 Å². The van der Waals surface area contributed by atoms with Crippen molar-refractivity contribution in [2.75, 3.05) is 0 Å². The molecule has 0 radical (unpaired) electrons. The van der Waals surface area contributed by atoms with Gasteiger partial charge < -0.3 is 10.1 Å². The number of pyridine rings is 1. The van der Waals surface area contributed by atoms with Gasteiger partial charge in [-0.25, -0.2) is 22.8 Å². The molecule has 16 heteroatoms. The highest BCUT2D eigenvalue weighted by Gasteiger charge is 2.47. The van der Waals surface area contributed by atoms with Gasteiger partial charge in [-0.3, -0.25) is 9.78 Å². The molecule has 0 bridgehead atoms. The summed E-state index contributed by atoms with van der Waals surface area (Å²) >= 11 is 0. The Morgan fingerprint density at radius 1 is 1.10 bits per heavy atom. The van der Waals surface area contributed by atoms with Crippen molar-refractivity contribution in [2.24, 2.45) is 5.92 Å². The van der Waals surface area contributed by atoms with Gasteiger partial charge in [-0.1, -0.05) is 6.92 Å². The lowest BCUT2D eigenvalue weighted by molar-refractivity contribution is -0.145. The third-order valence-corrected chi connectivity index (χ3v) is 8.63. The third kappa shape index (κ3) is 6.59. The summed E-state index contributed by atoms with van der Waals surface area (Å²) in [5.41, 5.74) is -0.0950. The Bertz CT molecular complexity index is 1500. The molecular formula is C25H23F6N5O4S. The Hall–Kier alpha value is -3.79. The summed E-state index contributed by atoms with van der Waals surface area (Å²) in [5.74, 6) is -3.38. The van der Waals surface area contributed by atoms with E-state index < -0.39 is 58.2 Å². The lowest BCUT2D eigenvalue weighted by Gasteiger charge is -2.27. The summed E-state index contributed by atoms with van der Waals surface area (Å²) in [7, 11) is -4.18. The van der Waals surface area contributed by atoms with E-state index in [9.17, 15) is 39.6 Å². The van der Waals surface area contributed by atoms with Gasteiger partial charge in [-0.2, -0.15) is 26.3 Å². The van der Waals surface area contributed by atoms with Gasteiger partial charge in [-0.05, 0) is 49.6 Å². The fourth-order valence-corrected chi connectivity index (χ4v) is 6.32. The van der Waals surface area contributed by atoms with Crippen molar-refractivity contribution in [3.05, 3.63) is 66.3 Å². The van der Waals surface area contributed by atoms with E-state index in [0.717, 1.165) is 47.2 Å². The second-order valence-corrected chi connectivity index (χ2v) is 11.2. The molecule has 1 saturated heterocycles. The molecular weight excluding hydrogens is 580 g/mol. The van der Waals surface area contributed by atoms with Gasteiger partial charge in [-0.15, -0.1) is 0 Å². The summed E-state index contributed by atoms with van der Waals surface area (Å²) in [6.07, 6.45) is -2.15. The third-order valence-electron chi connectivity index (χ3n) is 6.62. The molecule has 220 valence electrons. The highest BCUT2D eigenvalue weighted by molar-refractivity contribution is 7.89. The van der Waals surface area contributed by atoms with E-state index in [2.05, 4.69) is 25.0 Å². The predicted molar refractivity (Wildman–Crippen MR) is 131 cm³/mol. The van der Waals surface area contributed by atoms with Gasteiger partial charge in [0.2, 0.25) is 21.8 Å². The normalized spacial score (nSPS) is 19.9. The SMILES string of the molecule is C[C@@H]1C[C@@H](C(=O)NCc2cc(-c3cnc(C(F)(F)F)nc3)c(OC(F)F)cn2)N(S(=O)(=O)c2ccc(F)cc2)[C@H]1C. The van der Waals surface area contributed by atoms with Gasteiger partial charge in [0.25, 0.3) is 0 Å². The first-order valence-corrected chi connectivity index (χ1v) is 13.5. The lowest BCUT2D eigenvalue weighted by atomic mass is 10.0.